The molecule has 1 unspecified atom stereocenters. The quantitative estimate of drug-likeness (QED) is 0.440. The molecule has 1 amide bonds. The summed E-state index contributed by atoms with van der Waals surface area (Å²) in [5, 5.41) is 7.31. The number of para-hydroxylation sites is 1. The number of amides is 1. The lowest BCUT2D eigenvalue weighted by atomic mass is 9.78. The molecule has 3 rings (SSSR count). The van der Waals surface area contributed by atoms with Crippen LogP contribution in [-0.2, 0) is 21.4 Å². The predicted octanol–water partition coefficient (Wildman–Crippen LogP) is 3.99. The number of methoxy groups -OCH3 is 1. The summed E-state index contributed by atoms with van der Waals surface area (Å²) < 4.78 is 6.17. The third-order valence-electron chi connectivity index (χ3n) is 4.83. The fourth-order valence-electron chi connectivity index (χ4n) is 3.18. The molecule has 30 heavy (non-hydrogen) atoms. The summed E-state index contributed by atoms with van der Waals surface area (Å²) in [5.41, 5.74) is 1.31. The Bertz CT molecular complexity index is 875. The molecule has 1 atom stereocenters. The number of rotatable bonds is 10. The van der Waals surface area contributed by atoms with E-state index in [4.69, 9.17) is 9.72 Å². The summed E-state index contributed by atoms with van der Waals surface area (Å²) in [6, 6.07) is 18.1. The number of halogens is 2. The minimum Gasteiger partial charge on any atom is -0.383 e. The average Bonchev–Trinajstić information content (AvgIpc) is 3.13. The van der Waals surface area contributed by atoms with Crippen molar-refractivity contribution < 1.29 is 9.53 Å². The normalized spacial score (nSPS) is 12.5. The second-order valence-electron chi connectivity index (χ2n) is 6.95. The molecule has 0 bridgehead atoms. The van der Waals surface area contributed by atoms with Gasteiger partial charge in [-0.25, -0.2) is 4.98 Å². The van der Waals surface area contributed by atoms with Crippen molar-refractivity contribution >= 4 is 52.3 Å². The second-order valence-corrected chi connectivity index (χ2v) is 8.06. The van der Waals surface area contributed by atoms with Crippen LogP contribution in [0.1, 0.15) is 17.5 Å². The topological polar surface area (TPSA) is 63.2 Å². The highest BCUT2D eigenvalue weighted by atomic mass is 35.5. The van der Waals surface area contributed by atoms with Gasteiger partial charge in [0.2, 0.25) is 5.91 Å². The number of benzene rings is 2. The molecule has 0 aliphatic rings. The molecule has 0 spiro atoms. The lowest BCUT2D eigenvalue weighted by molar-refractivity contribution is -0.126. The van der Waals surface area contributed by atoms with Gasteiger partial charge in [-0.2, -0.15) is 0 Å². The van der Waals surface area contributed by atoms with Gasteiger partial charge in [-0.3, -0.25) is 4.79 Å². The predicted molar refractivity (Wildman–Crippen MR) is 129 cm³/mol. The van der Waals surface area contributed by atoms with Crippen LogP contribution in [0, 0.1) is 0 Å². The van der Waals surface area contributed by atoms with Gasteiger partial charge in [-0.1, -0.05) is 42.5 Å². The summed E-state index contributed by atoms with van der Waals surface area (Å²) in [4.78, 5) is 17.9. The van der Waals surface area contributed by atoms with E-state index in [1.165, 1.54) is 0 Å². The number of hydrogen-bond acceptors (Lipinski definition) is 5. The maximum absolute atomic E-state index is 13.2. The summed E-state index contributed by atoms with van der Waals surface area (Å²) >= 11 is 1.66. The molecular weight excluding hydrogens is 441 g/mol. The van der Waals surface area contributed by atoms with Crippen LogP contribution in [-0.4, -0.2) is 44.2 Å². The number of carbonyl (C=O) groups is 1. The van der Waals surface area contributed by atoms with Gasteiger partial charge in [-0.15, -0.1) is 36.2 Å². The molecule has 0 fully saturated rings. The van der Waals surface area contributed by atoms with Gasteiger partial charge in [0.05, 0.1) is 27.2 Å². The van der Waals surface area contributed by atoms with E-state index >= 15 is 0 Å². The molecule has 1 heterocycles. The Hall–Kier alpha value is -1.70. The molecule has 5 nitrogen and oxygen atoms in total. The van der Waals surface area contributed by atoms with Crippen molar-refractivity contribution in [3.05, 3.63) is 65.2 Å². The lowest BCUT2D eigenvalue weighted by Crippen LogP contribution is -2.46. The summed E-state index contributed by atoms with van der Waals surface area (Å²) in [7, 11) is 1.68. The molecule has 2 N–H and O–H groups in total. The van der Waals surface area contributed by atoms with Crippen molar-refractivity contribution in [3.63, 3.8) is 0 Å². The van der Waals surface area contributed by atoms with Gasteiger partial charge in [0.1, 0.15) is 0 Å². The maximum atomic E-state index is 13.2. The van der Waals surface area contributed by atoms with Crippen LogP contribution in [0.5, 0.6) is 0 Å². The smallest absolute Gasteiger partial charge is 0.230 e. The minimum atomic E-state index is -0.679. The zero-order valence-electron chi connectivity index (χ0n) is 17.2. The summed E-state index contributed by atoms with van der Waals surface area (Å²) in [5.74, 6) is 0.0199. The number of thiazole rings is 1. The number of nitrogens with one attached hydrogen (secondary N) is 2. The summed E-state index contributed by atoms with van der Waals surface area (Å²) in [6.45, 7) is 4.72. The van der Waals surface area contributed by atoms with Gasteiger partial charge in [0.25, 0.3) is 0 Å². The van der Waals surface area contributed by atoms with Crippen LogP contribution in [0.25, 0.3) is 10.2 Å². The number of carbonyl (C=O) groups excluding carboxylic acids is 1. The largest absolute Gasteiger partial charge is 0.383 e. The second kappa shape index (κ2) is 12.9. The van der Waals surface area contributed by atoms with Crippen molar-refractivity contribution in [1.29, 1.82) is 0 Å². The molecule has 164 valence electrons. The molecule has 3 aromatic rings. The number of ether oxygens (including phenoxy) is 1. The maximum Gasteiger partial charge on any atom is 0.230 e. The summed E-state index contributed by atoms with van der Waals surface area (Å²) in [6.07, 6.45) is 0.569. The van der Waals surface area contributed by atoms with E-state index in [1.54, 1.807) is 18.4 Å². The van der Waals surface area contributed by atoms with Crippen molar-refractivity contribution in [2.45, 2.75) is 18.8 Å². The molecule has 8 heteroatoms. The van der Waals surface area contributed by atoms with Gasteiger partial charge < -0.3 is 15.4 Å². The molecule has 0 saturated heterocycles. The van der Waals surface area contributed by atoms with E-state index in [-0.39, 0.29) is 30.7 Å². The van der Waals surface area contributed by atoms with Crippen LogP contribution in [0.2, 0.25) is 0 Å². The fraction of sp³-hybridized carbons (Fsp3) is 0.364. The third-order valence-corrected chi connectivity index (χ3v) is 5.86. The SMILES string of the molecule is COCCNCCNC(=O)C(C)(Cc1nc2ccccc2s1)c1ccccc1.Cl.Cl. The highest BCUT2D eigenvalue weighted by Gasteiger charge is 2.36. The number of hydrogen-bond donors (Lipinski definition) is 2. The van der Waals surface area contributed by atoms with Crippen molar-refractivity contribution in [1.82, 2.24) is 15.6 Å². The highest BCUT2D eigenvalue weighted by Crippen LogP contribution is 2.32. The van der Waals surface area contributed by atoms with Crippen molar-refractivity contribution in [2.75, 3.05) is 33.4 Å². The monoisotopic (exact) mass is 469 g/mol. The van der Waals surface area contributed by atoms with Gasteiger partial charge in [-0.05, 0) is 24.6 Å². The molecule has 1 aromatic heterocycles. The molecule has 0 saturated carbocycles. The minimum absolute atomic E-state index is 0. The first-order valence-corrected chi connectivity index (χ1v) is 10.3. The van der Waals surface area contributed by atoms with Crippen LogP contribution in [0.4, 0.5) is 0 Å². The highest BCUT2D eigenvalue weighted by molar-refractivity contribution is 7.18. The van der Waals surface area contributed by atoms with E-state index in [1.807, 2.05) is 55.5 Å². The van der Waals surface area contributed by atoms with Crippen LogP contribution < -0.4 is 10.6 Å². The van der Waals surface area contributed by atoms with Crippen LogP contribution in [0.3, 0.4) is 0 Å². The Labute approximate surface area is 194 Å². The van der Waals surface area contributed by atoms with Gasteiger partial charge in [0.15, 0.2) is 0 Å². The average molecular weight is 470 g/mol. The fourth-order valence-corrected chi connectivity index (χ4v) is 4.30. The molecule has 0 aliphatic heterocycles. The number of nitrogens with zero attached hydrogens (tertiary/aromatic N) is 1. The lowest BCUT2D eigenvalue weighted by Gasteiger charge is -2.28. The number of fused-ring (bicyclic) bond motifs is 1. The van der Waals surface area contributed by atoms with Crippen LogP contribution >= 0.6 is 36.2 Å². The van der Waals surface area contributed by atoms with Gasteiger partial charge >= 0.3 is 0 Å². The first-order valence-electron chi connectivity index (χ1n) is 9.51. The number of aromatic nitrogens is 1. The van der Waals surface area contributed by atoms with Gasteiger partial charge in [0, 0.05) is 33.2 Å². The first-order chi connectivity index (χ1) is 13.6. The molecule has 0 radical (unpaired) electrons. The molecule has 2 aromatic carbocycles. The van der Waals surface area contributed by atoms with Crippen molar-refractivity contribution in [3.8, 4) is 0 Å². The molecular formula is C22H29Cl2N3O2S. The van der Waals surface area contributed by atoms with E-state index < -0.39 is 5.41 Å². The Balaban J connectivity index is 0.00000225. The first kappa shape index (κ1) is 26.3. The zero-order chi connectivity index (χ0) is 19.8. The van der Waals surface area contributed by atoms with E-state index in [9.17, 15) is 4.79 Å². The zero-order valence-corrected chi connectivity index (χ0v) is 19.7. The van der Waals surface area contributed by atoms with Crippen LogP contribution in [0.15, 0.2) is 54.6 Å². The third kappa shape index (κ3) is 6.65. The Kier molecular flexibility index (Phi) is 11.3. The van der Waals surface area contributed by atoms with Crippen molar-refractivity contribution in [2.24, 2.45) is 0 Å². The van der Waals surface area contributed by atoms with E-state index in [2.05, 4.69) is 16.7 Å². The van der Waals surface area contributed by atoms with E-state index in [0.717, 1.165) is 27.3 Å². The Morgan fingerprint density at radius 1 is 1.03 bits per heavy atom. The standard InChI is InChI=1S/C22H27N3O2S.2ClH/c1-22(17-8-4-3-5-9-17,21(26)24-13-12-23-14-15-27-2)16-20-25-18-10-6-7-11-19(18)28-20;;/h3-11,23H,12-16H2,1-2H3,(H,24,26);2*1H. The van der Waals surface area contributed by atoms with E-state index in [0.29, 0.717) is 26.1 Å². The Morgan fingerprint density at radius 3 is 2.43 bits per heavy atom. The Morgan fingerprint density at radius 2 is 1.73 bits per heavy atom. The molecule has 0 aliphatic carbocycles.